The highest BCUT2D eigenvalue weighted by atomic mass is 32.2. The molecule has 122 valence electrons. The van der Waals surface area contributed by atoms with Gasteiger partial charge in [-0.15, -0.1) is 0 Å². The van der Waals surface area contributed by atoms with E-state index in [-0.39, 0.29) is 11.3 Å². The topological polar surface area (TPSA) is 46.2 Å². The van der Waals surface area contributed by atoms with Gasteiger partial charge in [0.1, 0.15) is 0 Å². The number of amides is 1. The van der Waals surface area contributed by atoms with Gasteiger partial charge in [-0.3, -0.25) is 9.00 Å². The monoisotopic (exact) mass is 329 g/mol. The summed E-state index contributed by atoms with van der Waals surface area (Å²) < 4.78 is 12.1. The SMILES string of the molecule is CC(C)(CC(=O)NCC[S@](=O)c1ccccc1)c1ccccc1. The van der Waals surface area contributed by atoms with Gasteiger partial charge in [0.2, 0.25) is 5.91 Å². The van der Waals surface area contributed by atoms with Crippen molar-refractivity contribution < 1.29 is 9.00 Å². The molecule has 0 fully saturated rings. The Bertz CT molecular complexity index is 654. The van der Waals surface area contributed by atoms with E-state index in [4.69, 9.17) is 0 Å². The van der Waals surface area contributed by atoms with Gasteiger partial charge in [0.05, 0.1) is 10.8 Å². The normalized spacial score (nSPS) is 12.6. The highest BCUT2D eigenvalue weighted by molar-refractivity contribution is 7.85. The lowest BCUT2D eigenvalue weighted by atomic mass is 9.81. The van der Waals surface area contributed by atoms with Crippen molar-refractivity contribution in [2.45, 2.75) is 30.6 Å². The van der Waals surface area contributed by atoms with E-state index in [1.165, 1.54) is 0 Å². The summed E-state index contributed by atoms with van der Waals surface area (Å²) in [5, 5.41) is 2.88. The minimum atomic E-state index is -1.07. The molecule has 2 rings (SSSR count). The fourth-order valence-electron chi connectivity index (χ4n) is 2.43. The lowest BCUT2D eigenvalue weighted by molar-refractivity contribution is -0.122. The summed E-state index contributed by atoms with van der Waals surface area (Å²) in [5.74, 6) is 0.422. The average Bonchev–Trinajstić information content (AvgIpc) is 2.56. The molecule has 2 aromatic rings. The number of nitrogens with one attached hydrogen (secondary N) is 1. The van der Waals surface area contributed by atoms with Gasteiger partial charge in [-0.2, -0.15) is 0 Å². The van der Waals surface area contributed by atoms with Gasteiger partial charge in [0.15, 0.2) is 0 Å². The third-order valence-corrected chi connectivity index (χ3v) is 5.15. The van der Waals surface area contributed by atoms with Crippen LogP contribution in [0.1, 0.15) is 25.8 Å². The second-order valence-electron chi connectivity index (χ2n) is 6.14. The average molecular weight is 329 g/mol. The minimum Gasteiger partial charge on any atom is -0.355 e. The zero-order valence-electron chi connectivity index (χ0n) is 13.6. The highest BCUT2D eigenvalue weighted by Gasteiger charge is 2.23. The smallest absolute Gasteiger partial charge is 0.220 e. The largest absolute Gasteiger partial charge is 0.355 e. The number of hydrogen-bond acceptors (Lipinski definition) is 2. The van der Waals surface area contributed by atoms with E-state index >= 15 is 0 Å². The Kier molecular flexibility index (Phi) is 6.11. The maximum Gasteiger partial charge on any atom is 0.220 e. The van der Waals surface area contributed by atoms with Crippen LogP contribution in [0.5, 0.6) is 0 Å². The summed E-state index contributed by atoms with van der Waals surface area (Å²) in [4.78, 5) is 12.9. The number of benzene rings is 2. The standard InChI is InChI=1S/C19H23NO2S/c1-19(2,16-9-5-3-6-10-16)15-18(21)20-13-14-23(22)17-11-7-4-8-12-17/h3-12H,13-15H2,1-2H3,(H,20,21)/t23-/m0/s1. The zero-order chi connectivity index (χ0) is 16.7. The van der Waals surface area contributed by atoms with E-state index in [2.05, 4.69) is 19.2 Å². The Balaban J connectivity index is 1.80. The predicted molar refractivity (Wildman–Crippen MR) is 94.8 cm³/mol. The molecule has 0 saturated carbocycles. The molecular weight excluding hydrogens is 306 g/mol. The zero-order valence-corrected chi connectivity index (χ0v) is 14.4. The van der Waals surface area contributed by atoms with Gasteiger partial charge in [-0.1, -0.05) is 62.4 Å². The fourth-order valence-corrected chi connectivity index (χ4v) is 3.41. The molecule has 0 heterocycles. The lowest BCUT2D eigenvalue weighted by Gasteiger charge is -2.24. The molecule has 0 radical (unpaired) electrons. The third kappa shape index (κ3) is 5.32. The van der Waals surface area contributed by atoms with Crippen LogP contribution in [0.2, 0.25) is 0 Å². The summed E-state index contributed by atoms with van der Waals surface area (Å²) in [6.45, 7) is 4.54. The van der Waals surface area contributed by atoms with Crippen LogP contribution >= 0.6 is 0 Å². The van der Waals surface area contributed by atoms with Crippen LogP contribution < -0.4 is 5.32 Å². The van der Waals surface area contributed by atoms with Gasteiger partial charge in [-0.25, -0.2) is 0 Å². The van der Waals surface area contributed by atoms with Crippen molar-refractivity contribution in [3.63, 3.8) is 0 Å². The van der Waals surface area contributed by atoms with E-state index in [1.807, 2.05) is 60.7 Å². The first-order chi connectivity index (χ1) is 11.0. The molecule has 2 aromatic carbocycles. The number of carbonyl (C=O) groups is 1. The van der Waals surface area contributed by atoms with E-state index in [0.717, 1.165) is 10.5 Å². The summed E-state index contributed by atoms with van der Waals surface area (Å²) in [5.41, 5.74) is 0.923. The van der Waals surface area contributed by atoms with Crippen LogP contribution in [0.15, 0.2) is 65.6 Å². The molecule has 0 aliphatic carbocycles. The summed E-state index contributed by atoms with van der Waals surface area (Å²) in [6.07, 6.45) is 0.412. The van der Waals surface area contributed by atoms with Crippen LogP contribution in [0, 0.1) is 0 Å². The van der Waals surface area contributed by atoms with Crippen molar-refractivity contribution in [2.75, 3.05) is 12.3 Å². The minimum absolute atomic E-state index is 0.0103. The second-order valence-corrected chi connectivity index (χ2v) is 7.71. The van der Waals surface area contributed by atoms with Gasteiger partial charge in [0.25, 0.3) is 0 Å². The highest BCUT2D eigenvalue weighted by Crippen LogP contribution is 2.26. The first-order valence-corrected chi connectivity index (χ1v) is 9.06. The van der Waals surface area contributed by atoms with Crippen molar-refractivity contribution in [2.24, 2.45) is 0 Å². The number of rotatable bonds is 7. The molecule has 4 heteroatoms. The Labute approximate surface area is 140 Å². The van der Waals surface area contributed by atoms with Gasteiger partial charge in [-0.05, 0) is 23.1 Å². The van der Waals surface area contributed by atoms with Crippen LogP contribution in [-0.2, 0) is 21.0 Å². The molecule has 0 bridgehead atoms. The fraction of sp³-hybridized carbons (Fsp3) is 0.316. The van der Waals surface area contributed by atoms with Crippen LogP contribution in [0.4, 0.5) is 0 Å². The Morgan fingerprint density at radius 3 is 2.17 bits per heavy atom. The van der Waals surface area contributed by atoms with Crippen molar-refractivity contribution in [1.82, 2.24) is 5.32 Å². The van der Waals surface area contributed by atoms with E-state index in [1.54, 1.807) is 0 Å². The van der Waals surface area contributed by atoms with Gasteiger partial charge < -0.3 is 5.32 Å². The summed E-state index contributed by atoms with van der Waals surface area (Å²) in [7, 11) is -1.07. The molecule has 0 aromatic heterocycles. The van der Waals surface area contributed by atoms with Crippen LogP contribution in [0.25, 0.3) is 0 Å². The molecule has 1 N–H and O–H groups in total. The second kappa shape index (κ2) is 8.06. The molecule has 0 aliphatic heterocycles. The Morgan fingerprint density at radius 2 is 1.57 bits per heavy atom. The first-order valence-electron chi connectivity index (χ1n) is 7.75. The van der Waals surface area contributed by atoms with Crippen LogP contribution in [-0.4, -0.2) is 22.4 Å². The van der Waals surface area contributed by atoms with E-state index < -0.39 is 10.8 Å². The molecule has 0 unspecified atom stereocenters. The van der Waals surface area contributed by atoms with Crippen molar-refractivity contribution in [1.29, 1.82) is 0 Å². The van der Waals surface area contributed by atoms with Crippen molar-refractivity contribution in [3.05, 3.63) is 66.2 Å². The molecular formula is C19H23NO2S. The van der Waals surface area contributed by atoms with Gasteiger partial charge >= 0.3 is 0 Å². The van der Waals surface area contributed by atoms with Crippen molar-refractivity contribution >= 4 is 16.7 Å². The summed E-state index contributed by atoms with van der Waals surface area (Å²) in [6, 6.07) is 19.3. The lowest BCUT2D eigenvalue weighted by Crippen LogP contribution is -2.33. The number of hydrogen-bond donors (Lipinski definition) is 1. The number of carbonyl (C=O) groups excluding carboxylic acids is 1. The van der Waals surface area contributed by atoms with Crippen LogP contribution in [0.3, 0.4) is 0 Å². The molecule has 0 saturated heterocycles. The Morgan fingerprint density at radius 1 is 1.00 bits per heavy atom. The molecule has 1 amide bonds. The predicted octanol–water partition coefficient (Wildman–Crippen LogP) is 3.28. The molecule has 0 spiro atoms. The first kappa shape index (κ1) is 17.4. The molecule has 3 nitrogen and oxygen atoms in total. The maximum atomic E-state index is 12.1. The molecule has 1 atom stereocenters. The van der Waals surface area contributed by atoms with E-state index in [0.29, 0.717) is 18.7 Å². The summed E-state index contributed by atoms with van der Waals surface area (Å²) >= 11 is 0. The van der Waals surface area contributed by atoms with Crippen molar-refractivity contribution in [3.8, 4) is 0 Å². The van der Waals surface area contributed by atoms with E-state index in [9.17, 15) is 9.00 Å². The quantitative estimate of drug-likeness (QED) is 0.847. The molecule has 23 heavy (non-hydrogen) atoms. The third-order valence-electron chi connectivity index (χ3n) is 3.77. The molecule has 0 aliphatic rings. The van der Waals surface area contributed by atoms with Gasteiger partial charge in [0, 0.05) is 23.6 Å². The maximum absolute atomic E-state index is 12.1. The Hall–Kier alpha value is -1.94.